The summed E-state index contributed by atoms with van der Waals surface area (Å²) in [6.07, 6.45) is 0. The topological polar surface area (TPSA) is 79.5 Å². The minimum Gasteiger partial charge on any atom is -0.494 e. The van der Waals surface area contributed by atoms with Gasteiger partial charge in [0.25, 0.3) is 11.8 Å². The fourth-order valence-corrected chi connectivity index (χ4v) is 3.57. The third kappa shape index (κ3) is 6.27. The molecule has 0 saturated heterocycles. The summed E-state index contributed by atoms with van der Waals surface area (Å²) in [6.45, 7) is 4.46. The van der Waals surface area contributed by atoms with Crippen LogP contribution in [-0.4, -0.2) is 23.5 Å². The van der Waals surface area contributed by atoms with Crippen molar-refractivity contribution in [3.63, 3.8) is 0 Å². The van der Waals surface area contributed by atoms with Crippen molar-refractivity contribution in [2.45, 2.75) is 13.8 Å². The van der Waals surface area contributed by atoms with Crippen LogP contribution in [-0.2, 0) is 0 Å². The maximum absolute atomic E-state index is 12.8. The quantitative estimate of drug-likeness (QED) is 0.279. The van der Waals surface area contributed by atoms with Crippen LogP contribution in [0.2, 0.25) is 0 Å². The van der Waals surface area contributed by atoms with Crippen LogP contribution in [0.4, 0.5) is 11.4 Å². The Bertz CT molecular complexity index is 1150. The number of benzene rings is 3. The van der Waals surface area contributed by atoms with E-state index in [1.165, 1.54) is 0 Å². The molecular weight excluding hydrogens is 537 g/mol. The molecule has 3 N–H and O–H groups in total. The molecule has 0 unspecified atom stereocenters. The van der Waals surface area contributed by atoms with Crippen LogP contribution >= 0.6 is 34.8 Å². The number of amides is 2. The summed E-state index contributed by atoms with van der Waals surface area (Å²) in [6, 6.07) is 19.5. The second-order valence-corrected chi connectivity index (χ2v) is 8.40. The molecule has 164 valence electrons. The summed E-state index contributed by atoms with van der Waals surface area (Å²) in [4.78, 5) is 25.3. The Balaban J connectivity index is 1.67. The Morgan fingerprint density at radius 1 is 0.969 bits per heavy atom. The molecule has 0 fully saturated rings. The van der Waals surface area contributed by atoms with Gasteiger partial charge in [-0.3, -0.25) is 14.9 Å². The van der Waals surface area contributed by atoms with E-state index in [2.05, 4.69) is 38.5 Å². The Morgan fingerprint density at radius 2 is 1.69 bits per heavy atom. The van der Waals surface area contributed by atoms with Crippen molar-refractivity contribution >= 4 is 63.1 Å². The third-order valence-corrected chi connectivity index (χ3v) is 5.87. The minimum absolute atomic E-state index is 0.104. The van der Waals surface area contributed by atoms with Crippen LogP contribution in [0.5, 0.6) is 5.75 Å². The first-order valence-electron chi connectivity index (χ1n) is 9.89. The van der Waals surface area contributed by atoms with Crippen LogP contribution in [0.25, 0.3) is 0 Å². The molecule has 8 heteroatoms. The van der Waals surface area contributed by atoms with Gasteiger partial charge in [0.05, 0.1) is 17.9 Å². The van der Waals surface area contributed by atoms with Gasteiger partial charge in [0.2, 0.25) is 0 Å². The van der Waals surface area contributed by atoms with E-state index in [0.717, 1.165) is 14.9 Å². The zero-order valence-electron chi connectivity index (χ0n) is 17.6. The van der Waals surface area contributed by atoms with Gasteiger partial charge < -0.3 is 15.4 Å². The van der Waals surface area contributed by atoms with E-state index in [1.807, 2.05) is 19.9 Å². The Labute approximate surface area is 205 Å². The molecule has 3 aromatic carbocycles. The van der Waals surface area contributed by atoms with E-state index in [9.17, 15) is 9.59 Å². The minimum atomic E-state index is -0.322. The summed E-state index contributed by atoms with van der Waals surface area (Å²) < 4.78 is 6.41. The molecule has 0 spiro atoms. The molecule has 0 aliphatic carbocycles. The highest BCUT2D eigenvalue weighted by Gasteiger charge is 2.14. The molecule has 3 rings (SSSR count). The predicted octanol–water partition coefficient (Wildman–Crippen LogP) is 5.38. The first-order valence-corrected chi connectivity index (χ1v) is 11.4. The molecule has 0 radical (unpaired) electrons. The zero-order chi connectivity index (χ0) is 23.1. The predicted molar refractivity (Wildman–Crippen MR) is 140 cm³/mol. The van der Waals surface area contributed by atoms with Gasteiger partial charge in [0.1, 0.15) is 5.75 Å². The number of carbonyl (C=O) groups excluding carboxylic acids is 2. The molecule has 0 aliphatic rings. The number of thiocarbonyl (C=S) groups is 1. The van der Waals surface area contributed by atoms with Crippen molar-refractivity contribution in [2.75, 3.05) is 17.2 Å². The maximum Gasteiger partial charge on any atom is 0.257 e. The molecule has 3 aromatic rings. The van der Waals surface area contributed by atoms with Crippen molar-refractivity contribution in [2.24, 2.45) is 0 Å². The van der Waals surface area contributed by atoms with Crippen LogP contribution < -0.4 is 20.7 Å². The summed E-state index contributed by atoms with van der Waals surface area (Å²) >= 11 is 7.48. The molecule has 0 aromatic heterocycles. The summed E-state index contributed by atoms with van der Waals surface area (Å²) in [5, 5.41) is 8.56. The van der Waals surface area contributed by atoms with E-state index < -0.39 is 0 Å². The number of anilines is 2. The Kier molecular flexibility index (Phi) is 8.18. The Hall–Kier alpha value is -2.98. The Morgan fingerprint density at radius 3 is 2.38 bits per heavy atom. The highest BCUT2D eigenvalue weighted by molar-refractivity contribution is 14.1. The fraction of sp³-hybridized carbons (Fsp3) is 0.125. The maximum atomic E-state index is 12.8. The highest BCUT2D eigenvalue weighted by atomic mass is 127. The van der Waals surface area contributed by atoms with Crippen LogP contribution in [0.1, 0.15) is 33.2 Å². The van der Waals surface area contributed by atoms with Gasteiger partial charge in [-0.1, -0.05) is 18.2 Å². The standard InChI is InChI=1S/C24H22IN3O3S/c1-3-31-18-12-10-17(11-13-18)26-23(30)19-6-4-5-7-21(19)27-24(32)28-22(29)16-9-8-15(2)20(25)14-16/h4-14H,3H2,1-2H3,(H,26,30)(H2,27,28,29,32). The summed E-state index contributed by atoms with van der Waals surface area (Å²) in [5.74, 6) is 0.105. The number of halogens is 1. The number of carbonyl (C=O) groups is 2. The second kappa shape index (κ2) is 11.1. The van der Waals surface area contributed by atoms with Crippen LogP contribution in [0, 0.1) is 10.5 Å². The molecule has 0 heterocycles. The summed E-state index contributed by atoms with van der Waals surface area (Å²) in [5.41, 5.74) is 3.11. The van der Waals surface area contributed by atoms with Crippen LogP contribution in [0.15, 0.2) is 66.7 Å². The first kappa shape index (κ1) is 23.7. The van der Waals surface area contributed by atoms with E-state index in [1.54, 1.807) is 60.7 Å². The average molecular weight is 559 g/mol. The SMILES string of the molecule is CCOc1ccc(NC(=O)c2ccccc2NC(=S)NC(=O)c2ccc(C)c(I)c2)cc1. The van der Waals surface area contributed by atoms with Gasteiger partial charge in [-0.05, 0) is 103 Å². The number of aryl methyl sites for hydroxylation is 1. The monoisotopic (exact) mass is 559 g/mol. The zero-order valence-corrected chi connectivity index (χ0v) is 20.5. The van der Waals surface area contributed by atoms with Crippen molar-refractivity contribution < 1.29 is 14.3 Å². The lowest BCUT2D eigenvalue weighted by Crippen LogP contribution is -2.34. The highest BCUT2D eigenvalue weighted by Crippen LogP contribution is 2.20. The third-order valence-electron chi connectivity index (χ3n) is 4.50. The van der Waals surface area contributed by atoms with E-state index in [0.29, 0.717) is 29.1 Å². The van der Waals surface area contributed by atoms with Gasteiger partial charge >= 0.3 is 0 Å². The van der Waals surface area contributed by atoms with Gasteiger partial charge in [-0.25, -0.2) is 0 Å². The molecule has 0 saturated carbocycles. The number of nitrogens with one attached hydrogen (secondary N) is 3. The number of rotatable bonds is 6. The van der Waals surface area contributed by atoms with Crippen molar-refractivity contribution in [1.29, 1.82) is 0 Å². The van der Waals surface area contributed by atoms with Gasteiger partial charge in [0, 0.05) is 14.8 Å². The second-order valence-electron chi connectivity index (χ2n) is 6.83. The van der Waals surface area contributed by atoms with E-state index >= 15 is 0 Å². The number of hydrogen-bond donors (Lipinski definition) is 3. The molecule has 0 atom stereocenters. The average Bonchev–Trinajstić information content (AvgIpc) is 2.77. The van der Waals surface area contributed by atoms with Gasteiger partial charge in [-0.15, -0.1) is 0 Å². The van der Waals surface area contributed by atoms with Crippen LogP contribution in [0.3, 0.4) is 0 Å². The number of hydrogen-bond acceptors (Lipinski definition) is 4. The molecule has 0 aliphatic heterocycles. The lowest BCUT2D eigenvalue weighted by atomic mass is 10.1. The van der Waals surface area contributed by atoms with Crippen molar-refractivity contribution in [3.05, 3.63) is 87.0 Å². The first-order chi connectivity index (χ1) is 15.4. The lowest BCUT2D eigenvalue weighted by molar-refractivity contribution is 0.0976. The lowest BCUT2D eigenvalue weighted by Gasteiger charge is -2.14. The van der Waals surface area contributed by atoms with Gasteiger partial charge in [-0.2, -0.15) is 0 Å². The normalized spacial score (nSPS) is 10.2. The summed E-state index contributed by atoms with van der Waals surface area (Å²) in [7, 11) is 0. The number of ether oxygens (including phenoxy) is 1. The largest absolute Gasteiger partial charge is 0.494 e. The van der Waals surface area contributed by atoms with Crippen molar-refractivity contribution in [3.8, 4) is 5.75 Å². The smallest absolute Gasteiger partial charge is 0.257 e. The molecule has 32 heavy (non-hydrogen) atoms. The van der Waals surface area contributed by atoms with E-state index in [4.69, 9.17) is 17.0 Å². The fourth-order valence-electron chi connectivity index (χ4n) is 2.85. The molecule has 0 bridgehead atoms. The molecule has 6 nitrogen and oxygen atoms in total. The van der Waals surface area contributed by atoms with Gasteiger partial charge in [0.15, 0.2) is 5.11 Å². The number of para-hydroxylation sites is 1. The molecule has 2 amide bonds. The van der Waals surface area contributed by atoms with E-state index in [-0.39, 0.29) is 16.9 Å². The molecular formula is C24H22IN3O3S. The van der Waals surface area contributed by atoms with Crippen molar-refractivity contribution in [1.82, 2.24) is 5.32 Å².